The molecule has 21 heavy (non-hydrogen) atoms. The molecule has 6 nitrogen and oxygen atoms in total. The van der Waals surface area contributed by atoms with Crippen molar-refractivity contribution in [3.8, 4) is 11.4 Å². The fourth-order valence-electron chi connectivity index (χ4n) is 2.57. The van der Waals surface area contributed by atoms with Crippen molar-refractivity contribution in [3.05, 3.63) is 24.3 Å². The minimum atomic E-state index is 0.470. The Labute approximate surface area is 125 Å². The number of hydrogen-bond acceptors (Lipinski definition) is 5. The summed E-state index contributed by atoms with van der Waals surface area (Å²) in [5, 5.41) is 10.9. The molecule has 0 spiro atoms. The van der Waals surface area contributed by atoms with E-state index in [0.717, 1.165) is 42.7 Å². The Kier molecular flexibility index (Phi) is 3.79. The van der Waals surface area contributed by atoms with Crippen molar-refractivity contribution in [2.24, 2.45) is 0 Å². The average molecular weight is 286 g/mol. The summed E-state index contributed by atoms with van der Waals surface area (Å²) < 4.78 is 0. The standard InChI is InChI=1S/C15H22N6/c1-11-10-21(8-7-16-11)15-17-14(18-19-15)12-5-4-6-13(9-12)20(2)3/h4-6,9,11,16H,7-8,10H2,1-3H3,(H,17,18,19)/t11-/m0/s1. The summed E-state index contributed by atoms with van der Waals surface area (Å²) in [6, 6.07) is 8.76. The van der Waals surface area contributed by atoms with Crippen LogP contribution in [0.1, 0.15) is 6.92 Å². The second-order valence-electron chi connectivity index (χ2n) is 5.73. The first-order valence-electron chi connectivity index (χ1n) is 7.32. The van der Waals surface area contributed by atoms with E-state index in [9.17, 15) is 0 Å². The summed E-state index contributed by atoms with van der Waals surface area (Å²) in [6.45, 7) is 5.04. The van der Waals surface area contributed by atoms with Gasteiger partial charge in [0.2, 0.25) is 5.95 Å². The number of hydrogen-bond donors (Lipinski definition) is 2. The van der Waals surface area contributed by atoms with E-state index in [1.165, 1.54) is 0 Å². The maximum absolute atomic E-state index is 4.65. The first-order chi connectivity index (χ1) is 10.1. The molecular weight excluding hydrogens is 264 g/mol. The lowest BCUT2D eigenvalue weighted by atomic mass is 10.2. The molecule has 0 bridgehead atoms. The van der Waals surface area contributed by atoms with Crippen LogP contribution in [0.5, 0.6) is 0 Å². The van der Waals surface area contributed by atoms with E-state index in [4.69, 9.17) is 0 Å². The van der Waals surface area contributed by atoms with Gasteiger partial charge in [0.15, 0.2) is 5.82 Å². The predicted molar refractivity (Wildman–Crippen MR) is 85.8 cm³/mol. The third kappa shape index (κ3) is 3.00. The number of aromatic nitrogens is 3. The molecule has 1 aromatic heterocycles. The number of nitrogens with zero attached hydrogens (tertiary/aromatic N) is 4. The smallest absolute Gasteiger partial charge is 0.245 e. The minimum Gasteiger partial charge on any atom is -0.378 e. The van der Waals surface area contributed by atoms with Crippen LogP contribution in [-0.2, 0) is 0 Å². The average Bonchev–Trinajstić information content (AvgIpc) is 2.97. The lowest BCUT2D eigenvalue weighted by Crippen LogP contribution is -2.49. The Morgan fingerprint density at radius 2 is 2.19 bits per heavy atom. The highest BCUT2D eigenvalue weighted by Gasteiger charge is 2.19. The molecule has 6 heteroatoms. The monoisotopic (exact) mass is 286 g/mol. The second-order valence-corrected chi connectivity index (χ2v) is 5.73. The van der Waals surface area contributed by atoms with E-state index >= 15 is 0 Å². The Hall–Kier alpha value is -2.08. The maximum atomic E-state index is 4.65. The molecule has 1 saturated heterocycles. The van der Waals surface area contributed by atoms with E-state index in [0.29, 0.717) is 6.04 Å². The van der Waals surface area contributed by atoms with Gasteiger partial charge in [-0.1, -0.05) is 12.1 Å². The number of rotatable bonds is 3. The zero-order chi connectivity index (χ0) is 14.8. The Morgan fingerprint density at radius 3 is 2.95 bits per heavy atom. The highest BCUT2D eigenvalue weighted by atomic mass is 15.4. The topological polar surface area (TPSA) is 60.1 Å². The second kappa shape index (κ2) is 5.73. The van der Waals surface area contributed by atoms with E-state index in [1.807, 2.05) is 20.2 Å². The summed E-state index contributed by atoms with van der Waals surface area (Å²) in [5.74, 6) is 1.61. The van der Waals surface area contributed by atoms with Crippen molar-refractivity contribution < 1.29 is 0 Å². The molecule has 2 heterocycles. The van der Waals surface area contributed by atoms with Gasteiger partial charge in [-0.05, 0) is 19.1 Å². The molecule has 0 aliphatic carbocycles. The van der Waals surface area contributed by atoms with Crippen molar-refractivity contribution >= 4 is 11.6 Å². The van der Waals surface area contributed by atoms with Crippen LogP contribution in [0.25, 0.3) is 11.4 Å². The number of benzene rings is 1. The van der Waals surface area contributed by atoms with E-state index in [2.05, 4.69) is 55.4 Å². The Bertz CT molecular complexity index is 606. The molecule has 112 valence electrons. The first-order valence-corrected chi connectivity index (χ1v) is 7.32. The van der Waals surface area contributed by atoms with Crippen LogP contribution in [0.3, 0.4) is 0 Å². The summed E-state index contributed by atoms with van der Waals surface area (Å²) in [5.41, 5.74) is 2.21. The molecular formula is C15H22N6. The molecule has 0 unspecified atom stereocenters. The summed E-state index contributed by atoms with van der Waals surface area (Å²) in [4.78, 5) is 8.95. The first kappa shape index (κ1) is 13.9. The van der Waals surface area contributed by atoms with Crippen LogP contribution >= 0.6 is 0 Å². The Morgan fingerprint density at radius 1 is 1.33 bits per heavy atom. The molecule has 1 aliphatic rings. The summed E-state index contributed by atoms with van der Waals surface area (Å²) >= 11 is 0. The SMILES string of the molecule is C[C@H]1CN(c2n[nH]c(-c3cccc(N(C)C)c3)n2)CCN1. The van der Waals surface area contributed by atoms with Crippen molar-refractivity contribution in [2.75, 3.05) is 43.5 Å². The number of aromatic amines is 1. The molecule has 1 aliphatic heterocycles. The van der Waals surface area contributed by atoms with Crippen LogP contribution in [0.15, 0.2) is 24.3 Å². The molecule has 1 fully saturated rings. The minimum absolute atomic E-state index is 0.470. The lowest BCUT2D eigenvalue weighted by molar-refractivity contribution is 0.480. The highest BCUT2D eigenvalue weighted by molar-refractivity contribution is 5.63. The van der Waals surface area contributed by atoms with Gasteiger partial charge in [-0.2, -0.15) is 4.98 Å². The van der Waals surface area contributed by atoms with Gasteiger partial charge >= 0.3 is 0 Å². The fourth-order valence-corrected chi connectivity index (χ4v) is 2.57. The van der Waals surface area contributed by atoms with Crippen LogP contribution in [0.2, 0.25) is 0 Å². The van der Waals surface area contributed by atoms with Gasteiger partial charge in [-0.25, -0.2) is 0 Å². The van der Waals surface area contributed by atoms with Gasteiger partial charge in [0.05, 0.1) is 0 Å². The third-order valence-electron chi connectivity index (χ3n) is 3.76. The Balaban J connectivity index is 1.83. The van der Waals surface area contributed by atoms with Gasteiger partial charge in [-0.15, -0.1) is 5.10 Å². The molecule has 0 amide bonds. The molecule has 1 aromatic carbocycles. The molecule has 3 rings (SSSR count). The molecule has 0 saturated carbocycles. The van der Waals surface area contributed by atoms with Crippen molar-refractivity contribution in [1.29, 1.82) is 0 Å². The zero-order valence-corrected chi connectivity index (χ0v) is 12.8. The van der Waals surface area contributed by atoms with E-state index in [1.54, 1.807) is 0 Å². The number of H-pyrrole nitrogens is 1. The maximum Gasteiger partial charge on any atom is 0.245 e. The molecule has 1 atom stereocenters. The number of nitrogens with one attached hydrogen (secondary N) is 2. The van der Waals surface area contributed by atoms with E-state index in [-0.39, 0.29) is 0 Å². The zero-order valence-electron chi connectivity index (χ0n) is 12.8. The van der Waals surface area contributed by atoms with Crippen molar-refractivity contribution in [3.63, 3.8) is 0 Å². The fraction of sp³-hybridized carbons (Fsp3) is 0.467. The van der Waals surface area contributed by atoms with E-state index < -0.39 is 0 Å². The van der Waals surface area contributed by atoms with Gasteiger partial charge < -0.3 is 15.1 Å². The lowest BCUT2D eigenvalue weighted by Gasteiger charge is -2.30. The molecule has 2 N–H and O–H groups in total. The highest BCUT2D eigenvalue weighted by Crippen LogP contribution is 2.22. The quantitative estimate of drug-likeness (QED) is 0.891. The third-order valence-corrected chi connectivity index (χ3v) is 3.76. The van der Waals surface area contributed by atoms with Gasteiger partial charge in [-0.3, -0.25) is 5.10 Å². The van der Waals surface area contributed by atoms with Gasteiger partial charge in [0.25, 0.3) is 0 Å². The molecule has 2 aromatic rings. The number of anilines is 2. The molecule has 0 radical (unpaired) electrons. The van der Waals surface area contributed by atoms with Crippen molar-refractivity contribution in [1.82, 2.24) is 20.5 Å². The normalized spacial score (nSPS) is 18.8. The largest absolute Gasteiger partial charge is 0.378 e. The van der Waals surface area contributed by atoms with Crippen molar-refractivity contribution in [2.45, 2.75) is 13.0 Å². The van der Waals surface area contributed by atoms with Gasteiger partial charge in [0, 0.05) is 51.0 Å². The van der Waals surface area contributed by atoms with Gasteiger partial charge in [0.1, 0.15) is 0 Å². The number of piperazine rings is 1. The summed E-state index contributed by atoms with van der Waals surface area (Å²) in [6.07, 6.45) is 0. The summed E-state index contributed by atoms with van der Waals surface area (Å²) in [7, 11) is 4.07. The van der Waals surface area contributed by atoms with Crippen LogP contribution in [-0.4, -0.2) is 55.0 Å². The van der Waals surface area contributed by atoms with Crippen LogP contribution in [0.4, 0.5) is 11.6 Å². The van der Waals surface area contributed by atoms with Crippen LogP contribution < -0.4 is 15.1 Å². The predicted octanol–water partition coefficient (Wildman–Crippen LogP) is 1.34. The van der Waals surface area contributed by atoms with Crippen LogP contribution in [0, 0.1) is 0 Å².